The third kappa shape index (κ3) is 2.58. The van der Waals surface area contributed by atoms with Gasteiger partial charge < -0.3 is 9.73 Å². The first kappa shape index (κ1) is 10.8. The van der Waals surface area contributed by atoms with E-state index in [2.05, 4.69) is 10.3 Å². The number of carbonyl (C=O) groups excluding carboxylic acids is 1. The standard InChI is InChI=1S/C10H16N2O2/c1-6(2)10-11-5-8(14-10)9(13)12-7(3)4/h5-7H,1-4H3,(H,12,13). The van der Waals surface area contributed by atoms with Gasteiger partial charge in [0.25, 0.3) is 5.91 Å². The van der Waals surface area contributed by atoms with Gasteiger partial charge >= 0.3 is 0 Å². The van der Waals surface area contributed by atoms with E-state index in [-0.39, 0.29) is 23.6 Å². The van der Waals surface area contributed by atoms with Crippen molar-refractivity contribution in [2.45, 2.75) is 39.7 Å². The number of carbonyl (C=O) groups is 1. The Morgan fingerprint density at radius 1 is 1.43 bits per heavy atom. The van der Waals surface area contributed by atoms with Crippen molar-refractivity contribution < 1.29 is 9.21 Å². The summed E-state index contributed by atoms with van der Waals surface area (Å²) in [6.07, 6.45) is 1.47. The summed E-state index contributed by atoms with van der Waals surface area (Å²) in [6, 6.07) is 0.107. The minimum atomic E-state index is -0.209. The van der Waals surface area contributed by atoms with Crippen LogP contribution in [0.15, 0.2) is 10.6 Å². The van der Waals surface area contributed by atoms with E-state index in [0.29, 0.717) is 5.89 Å². The van der Waals surface area contributed by atoms with Crippen molar-refractivity contribution in [2.24, 2.45) is 0 Å². The van der Waals surface area contributed by atoms with Gasteiger partial charge in [0.2, 0.25) is 5.76 Å². The summed E-state index contributed by atoms with van der Waals surface area (Å²) in [5, 5.41) is 2.74. The summed E-state index contributed by atoms with van der Waals surface area (Å²) >= 11 is 0. The lowest BCUT2D eigenvalue weighted by Crippen LogP contribution is -2.29. The van der Waals surface area contributed by atoms with Gasteiger partial charge in [0.05, 0.1) is 6.20 Å². The molecule has 78 valence electrons. The summed E-state index contributed by atoms with van der Waals surface area (Å²) in [4.78, 5) is 15.5. The molecule has 0 atom stereocenters. The Hall–Kier alpha value is -1.32. The summed E-state index contributed by atoms with van der Waals surface area (Å²) in [7, 11) is 0. The largest absolute Gasteiger partial charge is 0.435 e. The molecule has 1 aromatic rings. The molecule has 4 heteroatoms. The van der Waals surface area contributed by atoms with Crippen LogP contribution in [-0.2, 0) is 0 Å². The molecule has 0 aliphatic heterocycles. The summed E-state index contributed by atoms with van der Waals surface area (Å²) in [6.45, 7) is 7.74. The first-order valence-electron chi connectivity index (χ1n) is 4.77. The van der Waals surface area contributed by atoms with Crippen molar-refractivity contribution >= 4 is 5.91 Å². The van der Waals surface area contributed by atoms with Crippen LogP contribution in [0.4, 0.5) is 0 Å². The van der Waals surface area contributed by atoms with E-state index >= 15 is 0 Å². The number of hydrogen-bond acceptors (Lipinski definition) is 3. The highest BCUT2D eigenvalue weighted by atomic mass is 16.4. The second kappa shape index (κ2) is 4.26. The fraction of sp³-hybridized carbons (Fsp3) is 0.600. The number of amides is 1. The molecule has 1 aromatic heterocycles. The third-order valence-corrected chi connectivity index (χ3v) is 1.66. The Labute approximate surface area is 83.7 Å². The van der Waals surface area contributed by atoms with Crippen LogP contribution in [0, 0.1) is 0 Å². The number of nitrogens with one attached hydrogen (secondary N) is 1. The molecule has 0 aliphatic rings. The predicted molar refractivity (Wildman–Crippen MR) is 53.2 cm³/mol. The molecular weight excluding hydrogens is 180 g/mol. The third-order valence-electron chi connectivity index (χ3n) is 1.66. The van der Waals surface area contributed by atoms with Crippen LogP contribution < -0.4 is 5.32 Å². The average Bonchev–Trinajstić information content (AvgIpc) is 2.50. The minimum Gasteiger partial charge on any atom is -0.435 e. The van der Waals surface area contributed by atoms with E-state index < -0.39 is 0 Å². The molecule has 0 fully saturated rings. The number of oxazole rings is 1. The average molecular weight is 196 g/mol. The van der Waals surface area contributed by atoms with Crippen LogP contribution in [-0.4, -0.2) is 16.9 Å². The summed E-state index contributed by atoms with van der Waals surface area (Å²) in [5.74, 6) is 0.872. The molecule has 4 nitrogen and oxygen atoms in total. The molecule has 0 radical (unpaired) electrons. The van der Waals surface area contributed by atoms with Crippen LogP contribution in [0.1, 0.15) is 50.1 Å². The highest BCUT2D eigenvalue weighted by molar-refractivity contribution is 5.91. The Balaban J connectivity index is 2.71. The highest BCUT2D eigenvalue weighted by Gasteiger charge is 2.14. The fourth-order valence-corrected chi connectivity index (χ4v) is 0.993. The van der Waals surface area contributed by atoms with Gasteiger partial charge in [0.15, 0.2) is 5.89 Å². The number of nitrogens with zero attached hydrogens (tertiary/aromatic N) is 1. The van der Waals surface area contributed by atoms with Crippen LogP contribution in [0.3, 0.4) is 0 Å². The Morgan fingerprint density at radius 3 is 2.50 bits per heavy atom. The SMILES string of the molecule is CC(C)NC(=O)c1cnc(C(C)C)o1. The first-order valence-corrected chi connectivity index (χ1v) is 4.77. The van der Waals surface area contributed by atoms with Gasteiger partial charge in [-0.1, -0.05) is 13.8 Å². The zero-order chi connectivity index (χ0) is 10.7. The van der Waals surface area contributed by atoms with Gasteiger partial charge in [-0.2, -0.15) is 0 Å². The van der Waals surface area contributed by atoms with Crippen molar-refractivity contribution in [3.05, 3.63) is 17.8 Å². The molecule has 0 bridgehead atoms. The van der Waals surface area contributed by atoms with Gasteiger partial charge in [0, 0.05) is 12.0 Å². The second-order valence-electron chi connectivity index (χ2n) is 3.85. The normalized spacial score (nSPS) is 11.0. The van der Waals surface area contributed by atoms with Crippen molar-refractivity contribution in [1.29, 1.82) is 0 Å². The molecule has 14 heavy (non-hydrogen) atoms. The molecule has 0 aliphatic carbocycles. The lowest BCUT2D eigenvalue weighted by molar-refractivity contribution is 0.0913. The van der Waals surface area contributed by atoms with Crippen molar-refractivity contribution in [3.63, 3.8) is 0 Å². The molecule has 0 spiro atoms. The van der Waals surface area contributed by atoms with Gasteiger partial charge in [-0.15, -0.1) is 0 Å². The van der Waals surface area contributed by atoms with Gasteiger partial charge in [-0.25, -0.2) is 4.98 Å². The fourth-order valence-electron chi connectivity index (χ4n) is 0.993. The highest BCUT2D eigenvalue weighted by Crippen LogP contribution is 2.13. The van der Waals surface area contributed by atoms with Crippen LogP contribution in [0.5, 0.6) is 0 Å². The van der Waals surface area contributed by atoms with E-state index in [1.807, 2.05) is 27.7 Å². The molecule has 1 heterocycles. The zero-order valence-electron chi connectivity index (χ0n) is 9.00. The second-order valence-corrected chi connectivity index (χ2v) is 3.85. The van der Waals surface area contributed by atoms with Crippen molar-refractivity contribution in [2.75, 3.05) is 0 Å². The Morgan fingerprint density at radius 2 is 2.07 bits per heavy atom. The molecule has 0 saturated heterocycles. The maximum absolute atomic E-state index is 11.4. The van der Waals surface area contributed by atoms with E-state index in [9.17, 15) is 4.79 Å². The zero-order valence-corrected chi connectivity index (χ0v) is 9.00. The predicted octanol–water partition coefficient (Wildman–Crippen LogP) is 1.94. The Kier molecular flexibility index (Phi) is 3.28. The topological polar surface area (TPSA) is 55.1 Å². The monoisotopic (exact) mass is 196 g/mol. The maximum atomic E-state index is 11.4. The molecule has 0 unspecified atom stereocenters. The van der Waals surface area contributed by atoms with Gasteiger partial charge in [-0.05, 0) is 13.8 Å². The molecule has 1 N–H and O–H groups in total. The van der Waals surface area contributed by atoms with Crippen LogP contribution in [0.2, 0.25) is 0 Å². The smallest absolute Gasteiger partial charge is 0.288 e. The quantitative estimate of drug-likeness (QED) is 0.803. The van der Waals surface area contributed by atoms with Crippen molar-refractivity contribution in [3.8, 4) is 0 Å². The Bertz CT molecular complexity index is 316. The lowest BCUT2D eigenvalue weighted by atomic mass is 10.2. The van der Waals surface area contributed by atoms with E-state index in [0.717, 1.165) is 0 Å². The number of hydrogen-bond donors (Lipinski definition) is 1. The molecular formula is C10H16N2O2. The van der Waals surface area contributed by atoms with Gasteiger partial charge in [0.1, 0.15) is 0 Å². The van der Waals surface area contributed by atoms with E-state index in [1.54, 1.807) is 0 Å². The summed E-state index contributed by atoms with van der Waals surface area (Å²) < 4.78 is 5.28. The van der Waals surface area contributed by atoms with Crippen LogP contribution >= 0.6 is 0 Å². The van der Waals surface area contributed by atoms with Crippen molar-refractivity contribution in [1.82, 2.24) is 10.3 Å². The first-order chi connectivity index (χ1) is 6.50. The van der Waals surface area contributed by atoms with Gasteiger partial charge in [-0.3, -0.25) is 4.79 Å². The molecule has 1 rings (SSSR count). The molecule has 0 saturated carbocycles. The molecule has 1 amide bonds. The summed E-state index contributed by atoms with van der Waals surface area (Å²) in [5.41, 5.74) is 0. The minimum absolute atomic E-state index is 0.107. The molecule has 0 aromatic carbocycles. The number of rotatable bonds is 3. The van der Waals surface area contributed by atoms with Crippen LogP contribution in [0.25, 0.3) is 0 Å². The van der Waals surface area contributed by atoms with E-state index in [4.69, 9.17) is 4.42 Å². The maximum Gasteiger partial charge on any atom is 0.288 e. The number of aromatic nitrogens is 1. The van der Waals surface area contributed by atoms with E-state index in [1.165, 1.54) is 6.20 Å². The lowest BCUT2D eigenvalue weighted by Gasteiger charge is -2.05.